The summed E-state index contributed by atoms with van der Waals surface area (Å²) in [5, 5.41) is 12.7. The third-order valence-corrected chi connectivity index (χ3v) is 5.86. The number of anilines is 1. The van der Waals surface area contributed by atoms with Crippen molar-refractivity contribution in [1.29, 1.82) is 5.26 Å². The first-order chi connectivity index (χ1) is 13.7. The van der Waals surface area contributed by atoms with Crippen LogP contribution in [0.3, 0.4) is 0 Å². The zero-order chi connectivity index (χ0) is 19.5. The van der Waals surface area contributed by atoms with E-state index in [4.69, 9.17) is 14.2 Å². The topological polar surface area (TPSA) is 97.7 Å². The van der Waals surface area contributed by atoms with E-state index in [1.54, 1.807) is 18.2 Å². The second-order valence-corrected chi connectivity index (χ2v) is 7.65. The van der Waals surface area contributed by atoms with Crippen molar-refractivity contribution in [1.82, 2.24) is 0 Å². The van der Waals surface area contributed by atoms with Gasteiger partial charge in [-0.2, -0.15) is 5.26 Å². The first-order valence-corrected chi connectivity index (χ1v) is 9.87. The molecule has 7 nitrogen and oxygen atoms in total. The van der Waals surface area contributed by atoms with Crippen LogP contribution in [0.2, 0.25) is 0 Å². The number of hydrogen-bond donors (Lipinski definition) is 1. The summed E-state index contributed by atoms with van der Waals surface area (Å²) < 4.78 is 16.1. The zero-order valence-corrected chi connectivity index (χ0v) is 15.8. The summed E-state index contributed by atoms with van der Waals surface area (Å²) in [5.41, 5.74) is 1.57. The van der Waals surface area contributed by atoms with E-state index in [0.29, 0.717) is 22.1 Å². The fourth-order valence-corrected chi connectivity index (χ4v) is 4.56. The van der Waals surface area contributed by atoms with Gasteiger partial charge in [0, 0.05) is 4.88 Å². The fourth-order valence-electron chi connectivity index (χ4n) is 3.30. The number of nitrogens with one attached hydrogen (secondary N) is 1. The van der Waals surface area contributed by atoms with Gasteiger partial charge in [-0.15, -0.1) is 11.3 Å². The number of aryl methyl sites for hydroxylation is 1. The lowest BCUT2D eigenvalue weighted by Gasteiger charge is -2.24. The van der Waals surface area contributed by atoms with Crippen molar-refractivity contribution in [3.05, 3.63) is 40.3 Å². The van der Waals surface area contributed by atoms with Crippen molar-refractivity contribution in [2.75, 3.05) is 18.5 Å². The third-order valence-electron chi connectivity index (χ3n) is 4.65. The normalized spacial score (nSPS) is 17.2. The Morgan fingerprint density at radius 1 is 1.25 bits per heavy atom. The Bertz CT molecular complexity index is 962. The van der Waals surface area contributed by atoms with Crippen molar-refractivity contribution in [2.24, 2.45) is 0 Å². The molecule has 8 heteroatoms. The molecule has 1 amide bonds. The smallest absolute Gasteiger partial charge is 0.351 e. The van der Waals surface area contributed by atoms with E-state index in [2.05, 4.69) is 11.4 Å². The van der Waals surface area contributed by atoms with Crippen LogP contribution in [-0.4, -0.2) is 31.2 Å². The van der Waals surface area contributed by atoms with Crippen molar-refractivity contribution in [2.45, 2.75) is 31.8 Å². The van der Waals surface area contributed by atoms with Crippen LogP contribution >= 0.6 is 11.3 Å². The van der Waals surface area contributed by atoms with Gasteiger partial charge in [-0.05, 0) is 43.4 Å². The molecule has 1 aliphatic carbocycles. The average molecular weight is 398 g/mol. The van der Waals surface area contributed by atoms with Crippen LogP contribution in [0.15, 0.2) is 24.3 Å². The lowest BCUT2D eigenvalue weighted by molar-refractivity contribution is -0.156. The summed E-state index contributed by atoms with van der Waals surface area (Å²) in [5.74, 6) is -0.130. The predicted molar refractivity (Wildman–Crippen MR) is 102 cm³/mol. The largest absolute Gasteiger partial charge is 0.485 e. The molecule has 0 saturated heterocycles. The summed E-state index contributed by atoms with van der Waals surface area (Å²) in [7, 11) is 0. The molecule has 0 bridgehead atoms. The standard InChI is InChI=1S/C20H18N2O5S/c21-9-13-12-5-1-4-8-17(12)28-19(13)22-18(23)11-26-20(24)16-10-25-14-6-2-3-7-15(14)27-16/h2-3,6-7,16H,1,4-5,8,10-11H2,(H,22,23)/t16-/m0/s1. The van der Waals surface area contributed by atoms with Crippen molar-refractivity contribution in [3.63, 3.8) is 0 Å². The van der Waals surface area contributed by atoms with E-state index in [1.165, 1.54) is 11.3 Å². The first kappa shape index (κ1) is 18.3. The third kappa shape index (κ3) is 3.66. The molecular weight excluding hydrogens is 380 g/mol. The summed E-state index contributed by atoms with van der Waals surface area (Å²) in [6, 6.07) is 9.22. The molecule has 0 fully saturated rings. The van der Waals surface area contributed by atoms with Crippen molar-refractivity contribution < 1.29 is 23.8 Å². The maximum absolute atomic E-state index is 12.2. The van der Waals surface area contributed by atoms with Gasteiger partial charge in [-0.3, -0.25) is 4.79 Å². The van der Waals surface area contributed by atoms with Gasteiger partial charge >= 0.3 is 5.97 Å². The van der Waals surface area contributed by atoms with E-state index < -0.39 is 24.6 Å². The van der Waals surface area contributed by atoms with E-state index in [9.17, 15) is 14.9 Å². The molecule has 2 heterocycles. The van der Waals surface area contributed by atoms with Gasteiger partial charge < -0.3 is 19.5 Å². The number of hydrogen-bond acceptors (Lipinski definition) is 7. The van der Waals surface area contributed by atoms with Crippen LogP contribution in [0.25, 0.3) is 0 Å². The minimum Gasteiger partial charge on any atom is -0.485 e. The molecule has 2 aliphatic rings. The van der Waals surface area contributed by atoms with Crippen LogP contribution in [0.5, 0.6) is 11.5 Å². The van der Waals surface area contributed by atoms with Gasteiger partial charge in [0.1, 0.15) is 17.7 Å². The van der Waals surface area contributed by atoms with Gasteiger partial charge in [0.25, 0.3) is 5.91 Å². The molecule has 144 valence electrons. The number of amides is 1. The number of nitriles is 1. The van der Waals surface area contributed by atoms with Crippen molar-refractivity contribution >= 4 is 28.2 Å². The summed E-state index contributed by atoms with van der Waals surface area (Å²) in [6.07, 6.45) is 3.01. The number of benzene rings is 1. The Morgan fingerprint density at radius 2 is 2.04 bits per heavy atom. The maximum atomic E-state index is 12.2. The van der Waals surface area contributed by atoms with Gasteiger partial charge in [0.2, 0.25) is 6.10 Å². The monoisotopic (exact) mass is 398 g/mol. The zero-order valence-electron chi connectivity index (χ0n) is 15.0. The average Bonchev–Trinajstić information content (AvgIpc) is 3.08. The van der Waals surface area contributed by atoms with Crippen LogP contribution in [0.4, 0.5) is 5.00 Å². The molecule has 0 unspecified atom stereocenters. The summed E-state index contributed by atoms with van der Waals surface area (Å²) in [4.78, 5) is 25.6. The van der Waals surface area contributed by atoms with E-state index >= 15 is 0 Å². The summed E-state index contributed by atoms with van der Waals surface area (Å²) in [6.45, 7) is -0.429. The fraction of sp³-hybridized carbons (Fsp3) is 0.350. The number of nitrogens with zero attached hydrogens (tertiary/aromatic N) is 1. The van der Waals surface area contributed by atoms with Crippen LogP contribution < -0.4 is 14.8 Å². The number of rotatable bonds is 4. The van der Waals surface area contributed by atoms with Gasteiger partial charge in [0.15, 0.2) is 18.1 Å². The van der Waals surface area contributed by atoms with Crippen LogP contribution in [0.1, 0.15) is 28.8 Å². The number of thiophene rings is 1. The second-order valence-electron chi connectivity index (χ2n) is 6.55. The molecular formula is C20H18N2O5S. The first-order valence-electron chi connectivity index (χ1n) is 9.05. The minimum atomic E-state index is -0.925. The quantitative estimate of drug-likeness (QED) is 0.796. The molecule has 1 N–H and O–H groups in total. The number of esters is 1. The van der Waals surface area contributed by atoms with Gasteiger partial charge in [-0.1, -0.05) is 12.1 Å². The number of para-hydroxylation sites is 2. The molecule has 2 aromatic rings. The summed E-state index contributed by atoms with van der Waals surface area (Å²) >= 11 is 1.43. The van der Waals surface area contributed by atoms with E-state index in [-0.39, 0.29) is 6.61 Å². The molecule has 1 atom stereocenters. The Balaban J connectivity index is 1.33. The molecule has 0 radical (unpaired) electrons. The molecule has 0 saturated carbocycles. The highest BCUT2D eigenvalue weighted by molar-refractivity contribution is 7.16. The van der Waals surface area contributed by atoms with Crippen LogP contribution in [-0.2, 0) is 27.2 Å². The number of carbonyl (C=O) groups is 2. The molecule has 1 aromatic heterocycles. The second kappa shape index (κ2) is 7.90. The Labute approximate surface area is 165 Å². The molecule has 4 rings (SSSR count). The van der Waals surface area contributed by atoms with E-state index in [0.717, 1.165) is 36.1 Å². The van der Waals surface area contributed by atoms with E-state index in [1.807, 2.05) is 6.07 Å². The number of carbonyl (C=O) groups excluding carboxylic acids is 2. The molecule has 1 aliphatic heterocycles. The highest BCUT2D eigenvalue weighted by atomic mass is 32.1. The number of fused-ring (bicyclic) bond motifs is 2. The maximum Gasteiger partial charge on any atom is 0.351 e. The predicted octanol–water partition coefficient (Wildman–Crippen LogP) is 2.82. The van der Waals surface area contributed by atoms with Crippen LogP contribution in [0, 0.1) is 11.3 Å². The highest BCUT2D eigenvalue weighted by Gasteiger charge is 2.29. The van der Waals surface area contributed by atoms with Crippen molar-refractivity contribution in [3.8, 4) is 17.6 Å². The molecule has 0 spiro atoms. The SMILES string of the molecule is N#Cc1c(NC(=O)COC(=O)[C@@H]2COc3ccccc3O2)sc2c1CCCC2. The highest BCUT2D eigenvalue weighted by Crippen LogP contribution is 2.37. The van der Waals surface area contributed by atoms with Gasteiger partial charge in [-0.25, -0.2) is 4.79 Å². The Hall–Kier alpha value is -3.05. The number of ether oxygens (including phenoxy) is 3. The molecule has 28 heavy (non-hydrogen) atoms. The lowest BCUT2D eigenvalue weighted by atomic mass is 9.96. The van der Waals surface area contributed by atoms with Gasteiger partial charge in [0.05, 0.1) is 5.56 Å². The Kier molecular flexibility index (Phi) is 5.17. The lowest BCUT2D eigenvalue weighted by Crippen LogP contribution is -2.39. The molecule has 1 aromatic carbocycles. The minimum absolute atomic E-state index is 0.0215. The Morgan fingerprint density at radius 3 is 2.86 bits per heavy atom.